The smallest absolute Gasteiger partial charge is 0.225 e. The van der Waals surface area contributed by atoms with E-state index in [0.717, 1.165) is 38.4 Å². The molecule has 1 saturated heterocycles. The minimum Gasteiger partial charge on any atom is -0.355 e. The van der Waals surface area contributed by atoms with Crippen molar-refractivity contribution >= 4 is 11.8 Å². The second-order valence-electron chi connectivity index (χ2n) is 7.76. The summed E-state index contributed by atoms with van der Waals surface area (Å²) in [5, 5.41) is 6.47. The molecular weight excluding hydrogens is 278 g/mol. The van der Waals surface area contributed by atoms with Gasteiger partial charge in [0.1, 0.15) is 0 Å². The molecule has 2 fully saturated rings. The Balaban J connectivity index is 1.59. The van der Waals surface area contributed by atoms with E-state index in [2.05, 4.69) is 10.6 Å². The maximum atomic E-state index is 12.2. The maximum absolute atomic E-state index is 12.2. The summed E-state index contributed by atoms with van der Waals surface area (Å²) in [7, 11) is 0. The molecule has 0 unspecified atom stereocenters. The average molecular weight is 309 g/mol. The van der Waals surface area contributed by atoms with Crippen LogP contribution in [0.4, 0.5) is 0 Å². The molecule has 0 aromatic heterocycles. The van der Waals surface area contributed by atoms with E-state index in [9.17, 15) is 9.59 Å². The summed E-state index contributed by atoms with van der Waals surface area (Å²) in [4.78, 5) is 25.9. The van der Waals surface area contributed by atoms with E-state index >= 15 is 0 Å². The molecule has 5 nitrogen and oxygen atoms in total. The zero-order valence-corrected chi connectivity index (χ0v) is 14.3. The third-order valence-corrected chi connectivity index (χ3v) is 4.55. The van der Waals surface area contributed by atoms with Crippen molar-refractivity contribution < 1.29 is 9.59 Å². The molecule has 0 bridgehead atoms. The van der Waals surface area contributed by atoms with Crippen LogP contribution in [-0.2, 0) is 9.59 Å². The predicted octanol–water partition coefficient (Wildman–Crippen LogP) is 1.53. The van der Waals surface area contributed by atoms with E-state index in [-0.39, 0.29) is 11.8 Å². The lowest BCUT2D eigenvalue weighted by atomic mass is 9.96. The van der Waals surface area contributed by atoms with Gasteiger partial charge in [0.25, 0.3) is 0 Å². The highest BCUT2D eigenvalue weighted by Crippen LogP contribution is 2.28. The van der Waals surface area contributed by atoms with E-state index < -0.39 is 5.41 Å². The van der Waals surface area contributed by atoms with Crippen LogP contribution >= 0.6 is 0 Å². The van der Waals surface area contributed by atoms with Gasteiger partial charge >= 0.3 is 0 Å². The van der Waals surface area contributed by atoms with Crippen molar-refractivity contribution in [2.75, 3.05) is 26.2 Å². The highest BCUT2D eigenvalue weighted by atomic mass is 16.2. The fraction of sp³-hybridized carbons (Fsp3) is 0.882. The monoisotopic (exact) mass is 309 g/mol. The first-order valence-electron chi connectivity index (χ1n) is 8.65. The Morgan fingerprint density at radius 2 is 1.73 bits per heavy atom. The molecule has 22 heavy (non-hydrogen) atoms. The number of likely N-dealkylation sites (tertiary alicyclic amines) is 1. The van der Waals surface area contributed by atoms with Crippen LogP contribution in [0.3, 0.4) is 0 Å². The van der Waals surface area contributed by atoms with Crippen LogP contribution < -0.4 is 10.6 Å². The number of nitrogens with one attached hydrogen (secondary N) is 2. The second-order valence-corrected chi connectivity index (χ2v) is 7.76. The van der Waals surface area contributed by atoms with Gasteiger partial charge in [0.2, 0.25) is 11.8 Å². The molecule has 0 atom stereocenters. The molecule has 0 aromatic rings. The summed E-state index contributed by atoms with van der Waals surface area (Å²) in [6, 6.07) is 0.574. The zero-order valence-electron chi connectivity index (χ0n) is 14.3. The van der Waals surface area contributed by atoms with Crippen LogP contribution in [0.2, 0.25) is 0 Å². The lowest BCUT2D eigenvalue weighted by Crippen LogP contribution is -2.46. The van der Waals surface area contributed by atoms with Gasteiger partial charge < -0.3 is 15.5 Å². The van der Waals surface area contributed by atoms with Gasteiger partial charge in [-0.25, -0.2) is 0 Å². The molecule has 0 spiro atoms. The number of piperidine rings is 1. The molecule has 0 aromatic carbocycles. The van der Waals surface area contributed by atoms with Crippen LogP contribution in [0.5, 0.6) is 0 Å². The first-order chi connectivity index (χ1) is 10.4. The minimum atomic E-state index is -0.394. The number of carbonyl (C=O) groups excluding carboxylic acids is 2. The van der Waals surface area contributed by atoms with Gasteiger partial charge in [-0.1, -0.05) is 20.8 Å². The summed E-state index contributed by atoms with van der Waals surface area (Å²) in [6.07, 6.45) is 5.26. The molecular formula is C17H31N3O2. The van der Waals surface area contributed by atoms with Crippen LogP contribution in [0, 0.1) is 11.3 Å². The van der Waals surface area contributed by atoms with Crippen LogP contribution in [0.15, 0.2) is 0 Å². The van der Waals surface area contributed by atoms with E-state index in [4.69, 9.17) is 0 Å². The van der Waals surface area contributed by atoms with Gasteiger partial charge in [0, 0.05) is 37.5 Å². The Hall–Kier alpha value is -1.10. The summed E-state index contributed by atoms with van der Waals surface area (Å²) < 4.78 is 0. The fourth-order valence-electron chi connectivity index (χ4n) is 2.69. The third kappa shape index (κ3) is 5.59. The van der Waals surface area contributed by atoms with Gasteiger partial charge in [-0.3, -0.25) is 9.59 Å². The number of hydrogen-bond acceptors (Lipinski definition) is 3. The highest BCUT2D eigenvalue weighted by molar-refractivity contribution is 5.82. The van der Waals surface area contributed by atoms with E-state index in [1.165, 1.54) is 12.8 Å². The Labute approximate surface area is 134 Å². The van der Waals surface area contributed by atoms with Crippen molar-refractivity contribution in [1.82, 2.24) is 15.5 Å². The van der Waals surface area contributed by atoms with Gasteiger partial charge in [-0.05, 0) is 38.1 Å². The van der Waals surface area contributed by atoms with Gasteiger partial charge in [0.05, 0.1) is 0 Å². The molecule has 5 heteroatoms. The largest absolute Gasteiger partial charge is 0.355 e. The van der Waals surface area contributed by atoms with Gasteiger partial charge in [-0.15, -0.1) is 0 Å². The number of amides is 2. The summed E-state index contributed by atoms with van der Waals surface area (Å²) in [5.41, 5.74) is -0.394. The molecule has 1 aliphatic heterocycles. The normalized spacial score (nSPS) is 20.0. The van der Waals surface area contributed by atoms with E-state index in [1.807, 2.05) is 25.7 Å². The van der Waals surface area contributed by atoms with Crippen molar-refractivity contribution in [3.05, 3.63) is 0 Å². The lowest BCUT2D eigenvalue weighted by Gasteiger charge is -2.32. The first kappa shape index (κ1) is 17.3. The quantitative estimate of drug-likeness (QED) is 0.782. The molecule has 1 saturated carbocycles. The Morgan fingerprint density at radius 3 is 2.27 bits per heavy atom. The summed E-state index contributed by atoms with van der Waals surface area (Å²) in [6.45, 7) is 8.91. The SMILES string of the molecule is CC(C)(C)C(=O)NCCC(=O)N1CCC(NCC2CC2)CC1. The molecule has 1 aliphatic carbocycles. The first-order valence-corrected chi connectivity index (χ1v) is 8.65. The minimum absolute atomic E-state index is 0.00304. The molecule has 2 rings (SSSR count). The van der Waals surface area contributed by atoms with Crippen LogP contribution in [-0.4, -0.2) is 48.9 Å². The third-order valence-electron chi connectivity index (χ3n) is 4.55. The second kappa shape index (κ2) is 7.44. The molecule has 126 valence electrons. The van der Waals surface area contributed by atoms with Gasteiger partial charge in [0.15, 0.2) is 0 Å². The number of hydrogen-bond donors (Lipinski definition) is 2. The van der Waals surface area contributed by atoms with Crippen molar-refractivity contribution in [3.63, 3.8) is 0 Å². The zero-order chi connectivity index (χ0) is 16.2. The predicted molar refractivity (Wildman–Crippen MR) is 87.4 cm³/mol. The lowest BCUT2D eigenvalue weighted by molar-refractivity contribution is -0.132. The van der Waals surface area contributed by atoms with Crippen LogP contribution in [0.25, 0.3) is 0 Å². The Bertz CT molecular complexity index is 391. The molecule has 2 aliphatic rings. The molecule has 1 heterocycles. The molecule has 2 amide bonds. The number of nitrogens with zero attached hydrogens (tertiary/aromatic N) is 1. The standard InChI is InChI=1S/C17H31N3O2/c1-17(2,3)16(22)18-9-6-15(21)20-10-7-14(8-11-20)19-12-13-4-5-13/h13-14,19H,4-12H2,1-3H3,(H,18,22). The maximum Gasteiger partial charge on any atom is 0.225 e. The Morgan fingerprint density at radius 1 is 1.09 bits per heavy atom. The summed E-state index contributed by atoms with van der Waals surface area (Å²) >= 11 is 0. The van der Waals surface area contributed by atoms with E-state index in [1.54, 1.807) is 0 Å². The van der Waals surface area contributed by atoms with Crippen molar-refractivity contribution in [1.29, 1.82) is 0 Å². The fourth-order valence-corrected chi connectivity index (χ4v) is 2.69. The highest BCUT2D eigenvalue weighted by Gasteiger charge is 2.26. The van der Waals surface area contributed by atoms with Crippen molar-refractivity contribution in [3.8, 4) is 0 Å². The van der Waals surface area contributed by atoms with Crippen molar-refractivity contribution in [2.24, 2.45) is 11.3 Å². The van der Waals surface area contributed by atoms with Crippen molar-refractivity contribution in [2.45, 2.75) is 58.9 Å². The molecule has 0 radical (unpaired) electrons. The van der Waals surface area contributed by atoms with E-state index in [0.29, 0.717) is 19.0 Å². The summed E-state index contributed by atoms with van der Waals surface area (Å²) in [5.74, 6) is 1.07. The van der Waals surface area contributed by atoms with Gasteiger partial charge in [-0.2, -0.15) is 0 Å². The Kier molecular flexibility index (Phi) is 5.84. The average Bonchev–Trinajstić information content (AvgIpc) is 3.28. The topological polar surface area (TPSA) is 61.4 Å². The molecule has 2 N–H and O–H groups in total. The number of carbonyl (C=O) groups is 2. The van der Waals surface area contributed by atoms with Crippen LogP contribution in [0.1, 0.15) is 52.9 Å². The number of rotatable bonds is 6.